The van der Waals surface area contributed by atoms with Crippen LogP contribution in [-0.2, 0) is 11.2 Å². The van der Waals surface area contributed by atoms with E-state index in [-0.39, 0.29) is 11.8 Å². The molecule has 0 unspecified atom stereocenters. The van der Waals surface area contributed by atoms with Crippen LogP contribution < -0.4 is 10.6 Å². The summed E-state index contributed by atoms with van der Waals surface area (Å²) in [6.07, 6.45) is 2.48. The number of aromatic amines is 1. The summed E-state index contributed by atoms with van der Waals surface area (Å²) in [6, 6.07) is 11.0. The zero-order chi connectivity index (χ0) is 18.1. The van der Waals surface area contributed by atoms with Gasteiger partial charge in [-0.15, -0.1) is 0 Å². The zero-order valence-corrected chi connectivity index (χ0v) is 14.2. The highest BCUT2D eigenvalue weighted by Gasteiger charge is 2.20. The van der Waals surface area contributed by atoms with Crippen molar-refractivity contribution in [2.24, 2.45) is 0 Å². The number of fused-ring (bicyclic) bond motifs is 1. The normalized spacial score (nSPS) is 13.0. The molecule has 7 heteroatoms. The molecule has 3 N–H and O–H groups in total. The highest BCUT2D eigenvalue weighted by Crippen LogP contribution is 2.25. The average Bonchev–Trinajstić information content (AvgIpc) is 3.08. The summed E-state index contributed by atoms with van der Waals surface area (Å²) < 4.78 is 0. The van der Waals surface area contributed by atoms with Crippen LogP contribution in [0.3, 0.4) is 0 Å². The number of H-pyrrole nitrogens is 1. The maximum atomic E-state index is 11.9. The van der Waals surface area contributed by atoms with Crippen LogP contribution in [0.5, 0.6) is 0 Å². The molecule has 26 heavy (non-hydrogen) atoms. The van der Waals surface area contributed by atoms with E-state index in [0.29, 0.717) is 17.9 Å². The molecule has 1 aliphatic rings. The maximum Gasteiger partial charge on any atom is 0.253 e. The summed E-state index contributed by atoms with van der Waals surface area (Å²) in [4.78, 5) is 35.3. The summed E-state index contributed by atoms with van der Waals surface area (Å²) in [5.41, 5.74) is 4.69. The van der Waals surface area contributed by atoms with Crippen molar-refractivity contribution in [1.82, 2.24) is 20.3 Å². The van der Waals surface area contributed by atoms with Gasteiger partial charge in [-0.05, 0) is 36.4 Å². The molecule has 130 valence electrons. The highest BCUT2D eigenvalue weighted by atomic mass is 16.2. The van der Waals surface area contributed by atoms with E-state index in [1.165, 1.54) is 6.92 Å². The lowest BCUT2D eigenvalue weighted by molar-refractivity contribution is -0.114. The van der Waals surface area contributed by atoms with Crippen molar-refractivity contribution in [3.63, 3.8) is 0 Å². The van der Waals surface area contributed by atoms with Gasteiger partial charge in [-0.25, -0.2) is 9.97 Å². The Bertz CT molecular complexity index is 991. The molecule has 0 aliphatic carbocycles. The molecule has 0 saturated carbocycles. The number of hydrogen-bond acceptors (Lipinski definition) is 4. The summed E-state index contributed by atoms with van der Waals surface area (Å²) in [7, 11) is 0. The van der Waals surface area contributed by atoms with Gasteiger partial charge in [-0.3, -0.25) is 9.59 Å². The quantitative estimate of drug-likeness (QED) is 0.677. The van der Waals surface area contributed by atoms with Gasteiger partial charge < -0.3 is 15.6 Å². The summed E-state index contributed by atoms with van der Waals surface area (Å²) in [5.74, 6) is 0.404. The fourth-order valence-electron chi connectivity index (χ4n) is 2.99. The standard InChI is InChI=1S/C19H17N5O2/c1-11(25)22-13-4-2-12(3-5-13)18-20-8-7-16(24-18)17-10-14-15(23-17)6-9-21-19(14)26/h2-5,7-8,10,23H,6,9H2,1H3,(H,21,26)(H,22,25). The third-order valence-electron chi connectivity index (χ3n) is 4.20. The van der Waals surface area contributed by atoms with Crippen molar-refractivity contribution >= 4 is 17.5 Å². The van der Waals surface area contributed by atoms with Crippen LogP contribution in [0, 0.1) is 0 Å². The molecule has 0 bridgehead atoms. The number of nitrogens with one attached hydrogen (secondary N) is 3. The van der Waals surface area contributed by atoms with Gasteiger partial charge in [0.15, 0.2) is 5.82 Å². The summed E-state index contributed by atoms with van der Waals surface area (Å²) in [5, 5.41) is 5.57. The molecule has 1 aromatic carbocycles. The predicted molar refractivity (Wildman–Crippen MR) is 97.6 cm³/mol. The minimum Gasteiger partial charge on any atom is -0.356 e. The minimum atomic E-state index is -0.115. The van der Waals surface area contributed by atoms with Crippen LogP contribution in [0.4, 0.5) is 5.69 Å². The van der Waals surface area contributed by atoms with Crippen LogP contribution in [0.15, 0.2) is 42.6 Å². The zero-order valence-electron chi connectivity index (χ0n) is 14.2. The first-order valence-electron chi connectivity index (χ1n) is 8.32. The lowest BCUT2D eigenvalue weighted by atomic mass is 10.1. The Morgan fingerprint density at radius 1 is 1.19 bits per heavy atom. The van der Waals surface area contributed by atoms with Gasteiger partial charge in [0.1, 0.15) is 0 Å². The lowest BCUT2D eigenvalue weighted by Gasteiger charge is -2.10. The number of benzene rings is 1. The predicted octanol–water partition coefficient (Wildman–Crippen LogP) is 2.38. The SMILES string of the molecule is CC(=O)Nc1ccc(-c2nccc(-c3cc4c([nH]3)CCNC4=O)n2)cc1. The Balaban J connectivity index is 1.65. The number of carbonyl (C=O) groups is 2. The molecule has 0 atom stereocenters. The molecule has 0 spiro atoms. The first-order valence-corrected chi connectivity index (χ1v) is 8.32. The molecule has 3 aromatic rings. The van der Waals surface area contributed by atoms with E-state index in [1.807, 2.05) is 36.4 Å². The van der Waals surface area contributed by atoms with E-state index >= 15 is 0 Å². The molecule has 1 aliphatic heterocycles. The molecule has 3 heterocycles. The number of nitrogens with zero attached hydrogens (tertiary/aromatic N) is 2. The van der Waals surface area contributed by atoms with Gasteiger partial charge in [-0.1, -0.05) is 0 Å². The summed E-state index contributed by atoms with van der Waals surface area (Å²) in [6.45, 7) is 2.11. The van der Waals surface area contributed by atoms with Crippen molar-refractivity contribution in [2.75, 3.05) is 11.9 Å². The maximum absolute atomic E-state index is 11.9. The van der Waals surface area contributed by atoms with Gasteiger partial charge >= 0.3 is 0 Å². The molecular weight excluding hydrogens is 330 g/mol. The number of aromatic nitrogens is 3. The van der Waals surface area contributed by atoms with Gasteiger partial charge in [0.25, 0.3) is 5.91 Å². The second-order valence-corrected chi connectivity index (χ2v) is 6.11. The number of anilines is 1. The first-order chi connectivity index (χ1) is 12.6. The molecule has 4 rings (SSSR count). The van der Waals surface area contributed by atoms with Gasteiger partial charge in [0.05, 0.1) is 17.0 Å². The fourth-order valence-corrected chi connectivity index (χ4v) is 2.99. The Morgan fingerprint density at radius 2 is 2.00 bits per heavy atom. The number of amides is 2. The molecule has 7 nitrogen and oxygen atoms in total. The minimum absolute atomic E-state index is 0.0587. The largest absolute Gasteiger partial charge is 0.356 e. The van der Waals surface area contributed by atoms with Crippen molar-refractivity contribution in [3.05, 3.63) is 53.9 Å². The van der Waals surface area contributed by atoms with Crippen molar-refractivity contribution in [1.29, 1.82) is 0 Å². The van der Waals surface area contributed by atoms with Gasteiger partial charge in [-0.2, -0.15) is 0 Å². The van der Waals surface area contributed by atoms with Crippen molar-refractivity contribution < 1.29 is 9.59 Å². The second-order valence-electron chi connectivity index (χ2n) is 6.11. The van der Waals surface area contributed by atoms with E-state index in [0.717, 1.165) is 34.8 Å². The summed E-state index contributed by atoms with van der Waals surface area (Å²) >= 11 is 0. The Morgan fingerprint density at radius 3 is 2.73 bits per heavy atom. The third kappa shape index (κ3) is 3.06. The smallest absolute Gasteiger partial charge is 0.253 e. The van der Waals surface area contributed by atoms with Crippen LogP contribution >= 0.6 is 0 Å². The van der Waals surface area contributed by atoms with Crippen LogP contribution in [0.2, 0.25) is 0 Å². The molecule has 0 saturated heterocycles. The molecular formula is C19H17N5O2. The van der Waals surface area contributed by atoms with Crippen LogP contribution in [-0.4, -0.2) is 33.3 Å². The Hall–Kier alpha value is -3.48. The van der Waals surface area contributed by atoms with Crippen LogP contribution in [0.1, 0.15) is 23.0 Å². The van der Waals surface area contributed by atoms with E-state index in [1.54, 1.807) is 6.20 Å². The van der Waals surface area contributed by atoms with Gasteiger partial charge in [0.2, 0.25) is 5.91 Å². The highest BCUT2D eigenvalue weighted by molar-refractivity contribution is 5.97. The van der Waals surface area contributed by atoms with E-state index in [2.05, 4.69) is 25.6 Å². The molecule has 0 fully saturated rings. The second kappa shape index (κ2) is 6.44. The Kier molecular flexibility index (Phi) is 3.96. The number of rotatable bonds is 3. The van der Waals surface area contributed by atoms with E-state index in [4.69, 9.17) is 0 Å². The monoisotopic (exact) mass is 347 g/mol. The van der Waals surface area contributed by atoms with E-state index < -0.39 is 0 Å². The van der Waals surface area contributed by atoms with Crippen LogP contribution in [0.25, 0.3) is 22.8 Å². The van der Waals surface area contributed by atoms with Crippen molar-refractivity contribution in [2.45, 2.75) is 13.3 Å². The third-order valence-corrected chi connectivity index (χ3v) is 4.20. The number of hydrogen-bond donors (Lipinski definition) is 3. The molecule has 2 amide bonds. The first kappa shape index (κ1) is 16.0. The molecule has 2 aromatic heterocycles. The lowest BCUT2D eigenvalue weighted by Crippen LogP contribution is -2.31. The van der Waals surface area contributed by atoms with E-state index in [9.17, 15) is 9.59 Å². The fraction of sp³-hybridized carbons (Fsp3) is 0.158. The number of carbonyl (C=O) groups excluding carboxylic acids is 2. The topological polar surface area (TPSA) is 99.8 Å². The molecule has 0 radical (unpaired) electrons. The average molecular weight is 347 g/mol. The Labute approximate surface area is 149 Å². The van der Waals surface area contributed by atoms with Crippen molar-refractivity contribution in [3.8, 4) is 22.8 Å². The van der Waals surface area contributed by atoms with Gasteiger partial charge in [0, 0.05) is 43.0 Å².